The number of carbonyl (C=O) groups is 2. The summed E-state index contributed by atoms with van der Waals surface area (Å²) >= 11 is 0. The van der Waals surface area contributed by atoms with E-state index in [1.165, 1.54) is 7.11 Å². The van der Waals surface area contributed by atoms with E-state index in [4.69, 9.17) is 0 Å². The summed E-state index contributed by atoms with van der Waals surface area (Å²) in [5.41, 5.74) is 6.08. The highest BCUT2D eigenvalue weighted by Crippen LogP contribution is 2.20. The Morgan fingerprint density at radius 3 is 2.31 bits per heavy atom. The molecule has 0 unspecified atom stereocenters. The summed E-state index contributed by atoms with van der Waals surface area (Å²) in [5, 5.41) is 4.29. The predicted octanol–water partition coefficient (Wildman–Crippen LogP) is 1.34. The van der Waals surface area contributed by atoms with Crippen molar-refractivity contribution in [3.8, 4) is 17.1 Å². The maximum absolute atomic E-state index is 12.3. The molecule has 132 valence electrons. The molecule has 0 spiro atoms. The van der Waals surface area contributed by atoms with E-state index in [1.807, 2.05) is 60.7 Å². The summed E-state index contributed by atoms with van der Waals surface area (Å²) < 4.78 is 6.27. The van der Waals surface area contributed by atoms with Crippen molar-refractivity contribution in [1.82, 2.24) is 25.6 Å². The van der Waals surface area contributed by atoms with Crippen LogP contribution in [0.2, 0.25) is 0 Å². The van der Waals surface area contributed by atoms with Gasteiger partial charge in [-0.3, -0.25) is 20.4 Å². The molecular weight excluding hydrogens is 334 g/mol. The average molecular weight is 351 g/mol. The Hall–Kier alpha value is -3.52. The van der Waals surface area contributed by atoms with Crippen molar-refractivity contribution in [1.29, 1.82) is 0 Å². The fraction of sp³-hybridized carbons (Fsp3) is 0.111. The molecule has 3 rings (SSSR count). The molecule has 0 bridgehead atoms. The quantitative estimate of drug-likeness (QED) is 0.676. The lowest BCUT2D eigenvalue weighted by Gasteiger charge is -2.05. The molecule has 1 aromatic heterocycles. The number of benzene rings is 2. The molecule has 0 aliphatic carbocycles. The van der Waals surface area contributed by atoms with Gasteiger partial charge in [-0.25, -0.2) is 9.67 Å². The number of nitrogens with one attached hydrogen (secondary N) is 2. The molecule has 3 aromatic rings. The summed E-state index contributed by atoms with van der Waals surface area (Å²) in [6.07, 6.45) is 0. The lowest BCUT2D eigenvalue weighted by atomic mass is 10.2. The molecule has 26 heavy (non-hydrogen) atoms. The average Bonchev–Trinajstić information content (AvgIpc) is 3.13. The third-order valence-electron chi connectivity index (χ3n) is 3.43. The Morgan fingerprint density at radius 1 is 1.00 bits per heavy atom. The van der Waals surface area contributed by atoms with E-state index in [0.29, 0.717) is 5.82 Å². The second kappa shape index (κ2) is 8.04. The number of aromatic nitrogens is 3. The maximum atomic E-state index is 12.3. The lowest BCUT2D eigenvalue weighted by Crippen LogP contribution is -2.43. The molecule has 8 nitrogen and oxygen atoms in total. The minimum atomic E-state index is -0.624. The Labute approximate surface area is 149 Å². The molecule has 0 radical (unpaired) electrons. The topological polar surface area (TPSA) is 98.1 Å². The van der Waals surface area contributed by atoms with Gasteiger partial charge in [0.15, 0.2) is 5.82 Å². The van der Waals surface area contributed by atoms with Crippen LogP contribution in [0.1, 0.15) is 10.6 Å². The number of methoxy groups -OCH3 is 1. The molecule has 0 aliphatic rings. The third-order valence-corrected chi connectivity index (χ3v) is 3.43. The Morgan fingerprint density at radius 2 is 1.65 bits per heavy atom. The van der Waals surface area contributed by atoms with Gasteiger partial charge in [0.25, 0.3) is 5.91 Å². The Bertz CT molecular complexity index is 837. The van der Waals surface area contributed by atoms with Gasteiger partial charge in [0.05, 0.1) is 5.69 Å². The molecule has 2 aromatic carbocycles. The zero-order valence-corrected chi connectivity index (χ0v) is 14.0. The van der Waals surface area contributed by atoms with E-state index >= 15 is 0 Å². The first-order valence-corrected chi connectivity index (χ1v) is 7.85. The first kappa shape index (κ1) is 17.3. The second-order valence-corrected chi connectivity index (χ2v) is 5.31. The minimum absolute atomic E-state index is 0.0644. The maximum Gasteiger partial charge on any atom is 0.309 e. The van der Waals surface area contributed by atoms with Crippen molar-refractivity contribution in [2.75, 3.05) is 13.7 Å². The minimum Gasteiger partial charge on any atom is -0.375 e. The number of ether oxygens (including phenoxy) is 1. The number of hydrogen-bond acceptors (Lipinski definition) is 5. The first-order valence-electron chi connectivity index (χ1n) is 7.85. The van der Waals surface area contributed by atoms with E-state index in [9.17, 15) is 9.59 Å². The molecule has 0 fully saturated rings. The standard InChI is InChI=1S/C18H17N5O3/c1-26-12-15(24)20-21-18(25)16-19-17(13-8-4-2-5-9-13)23(22-16)14-10-6-3-7-11-14/h2-11H,12H2,1H3,(H,20,24)(H,21,25). The molecular formula is C18H17N5O3. The van der Waals surface area contributed by atoms with Crippen molar-refractivity contribution in [2.24, 2.45) is 0 Å². The summed E-state index contributed by atoms with van der Waals surface area (Å²) in [4.78, 5) is 28.0. The normalized spacial score (nSPS) is 10.3. The fourth-order valence-corrected chi connectivity index (χ4v) is 2.28. The summed E-state index contributed by atoms with van der Waals surface area (Å²) in [6.45, 7) is -0.165. The van der Waals surface area contributed by atoms with Crippen LogP contribution in [0.3, 0.4) is 0 Å². The molecule has 0 saturated carbocycles. The monoisotopic (exact) mass is 351 g/mol. The van der Waals surface area contributed by atoms with Gasteiger partial charge < -0.3 is 4.74 Å². The van der Waals surface area contributed by atoms with Crippen LogP contribution in [-0.2, 0) is 9.53 Å². The van der Waals surface area contributed by atoms with Gasteiger partial charge in [-0.05, 0) is 12.1 Å². The predicted molar refractivity (Wildman–Crippen MR) is 94.3 cm³/mol. The van der Waals surface area contributed by atoms with Gasteiger partial charge in [-0.2, -0.15) is 0 Å². The lowest BCUT2D eigenvalue weighted by molar-refractivity contribution is -0.125. The number of hydrogen-bond donors (Lipinski definition) is 2. The molecule has 2 amide bonds. The zero-order chi connectivity index (χ0) is 18.4. The van der Waals surface area contributed by atoms with Crippen LogP contribution in [0.15, 0.2) is 60.7 Å². The van der Waals surface area contributed by atoms with Gasteiger partial charge in [-0.15, -0.1) is 5.10 Å². The zero-order valence-electron chi connectivity index (χ0n) is 14.0. The smallest absolute Gasteiger partial charge is 0.309 e. The van der Waals surface area contributed by atoms with Gasteiger partial charge in [0.1, 0.15) is 6.61 Å². The Balaban J connectivity index is 1.92. The molecule has 1 heterocycles. The largest absolute Gasteiger partial charge is 0.375 e. The van der Waals surface area contributed by atoms with Crippen LogP contribution >= 0.6 is 0 Å². The molecule has 0 aliphatic heterocycles. The number of amides is 2. The number of rotatable bonds is 5. The van der Waals surface area contributed by atoms with Crippen LogP contribution in [0.5, 0.6) is 0 Å². The van der Waals surface area contributed by atoms with Crippen LogP contribution in [0.25, 0.3) is 17.1 Å². The van der Waals surface area contributed by atoms with Gasteiger partial charge in [0.2, 0.25) is 5.82 Å². The van der Waals surface area contributed by atoms with Crippen LogP contribution < -0.4 is 10.9 Å². The molecule has 0 saturated heterocycles. The van der Waals surface area contributed by atoms with Crippen LogP contribution in [0.4, 0.5) is 0 Å². The van der Waals surface area contributed by atoms with Crippen molar-refractivity contribution in [3.05, 3.63) is 66.5 Å². The van der Waals surface area contributed by atoms with Crippen LogP contribution in [0, 0.1) is 0 Å². The third kappa shape index (κ3) is 3.93. The fourth-order valence-electron chi connectivity index (χ4n) is 2.28. The number of carbonyl (C=O) groups excluding carboxylic acids is 2. The highest BCUT2D eigenvalue weighted by atomic mass is 16.5. The summed E-state index contributed by atoms with van der Waals surface area (Å²) in [6, 6.07) is 18.8. The van der Waals surface area contributed by atoms with E-state index in [1.54, 1.807) is 4.68 Å². The summed E-state index contributed by atoms with van der Waals surface area (Å²) in [5.74, 6) is -0.650. The second-order valence-electron chi connectivity index (χ2n) is 5.31. The van der Waals surface area contributed by atoms with Crippen molar-refractivity contribution >= 4 is 11.8 Å². The molecule has 0 atom stereocenters. The van der Waals surface area contributed by atoms with E-state index in [0.717, 1.165) is 11.3 Å². The van der Waals surface area contributed by atoms with E-state index < -0.39 is 11.8 Å². The van der Waals surface area contributed by atoms with Crippen molar-refractivity contribution in [2.45, 2.75) is 0 Å². The number of nitrogens with zero attached hydrogens (tertiary/aromatic N) is 3. The van der Waals surface area contributed by atoms with E-state index in [2.05, 4.69) is 25.7 Å². The first-order chi connectivity index (χ1) is 12.7. The van der Waals surface area contributed by atoms with Gasteiger partial charge >= 0.3 is 5.91 Å². The molecule has 2 N–H and O–H groups in total. The highest BCUT2D eigenvalue weighted by Gasteiger charge is 2.19. The van der Waals surface area contributed by atoms with Crippen molar-refractivity contribution < 1.29 is 14.3 Å². The van der Waals surface area contributed by atoms with Crippen molar-refractivity contribution in [3.63, 3.8) is 0 Å². The van der Waals surface area contributed by atoms with Gasteiger partial charge in [0, 0.05) is 12.7 Å². The Kier molecular flexibility index (Phi) is 5.35. The van der Waals surface area contributed by atoms with E-state index in [-0.39, 0.29) is 12.4 Å². The number of para-hydroxylation sites is 1. The SMILES string of the molecule is COCC(=O)NNC(=O)c1nc(-c2ccccc2)n(-c2ccccc2)n1. The van der Waals surface area contributed by atoms with Gasteiger partial charge in [-0.1, -0.05) is 48.5 Å². The molecule has 8 heteroatoms. The number of hydrazine groups is 1. The van der Waals surface area contributed by atoms with Crippen LogP contribution in [-0.4, -0.2) is 40.3 Å². The summed E-state index contributed by atoms with van der Waals surface area (Å²) in [7, 11) is 1.39. The highest BCUT2D eigenvalue weighted by molar-refractivity contribution is 5.92.